The van der Waals surface area contributed by atoms with Crippen molar-refractivity contribution in [2.75, 3.05) is 0 Å². The standard InChI is InChI=1S/C20H19ClFN3O/c1-25-12-11-23-20(25)19(15-6-8-17(22)9-7-15)24-18(26)10-5-14-3-2-4-16(21)13-14/h2-4,6-9,11-13,19H,5,10H2,1H3,(H,24,26). The quantitative estimate of drug-likeness (QED) is 0.710. The number of amides is 1. The van der Waals surface area contributed by atoms with Gasteiger partial charge < -0.3 is 9.88 Å². The van der Waals surface area contributed by atoms with Gasteiger partial charge in [0, 0.05) is 30.9 Å². The molecule has 0 aliphatic rings. The van der Waals surface area contributed by atoms with Gasteiger partial charge >= 0.3 is 0 Å². The van der Waals surface area contributed by atoms with E-state index in [-0.39, 0.29) is 11.7 Å². The summed E-state index contributed by atoms with van der Waals surface area (Å²) in [6.07, 6.45) is 4.39. The maximum absolute atomic E-state index is 13.3. The molecule has 1 N–H and O–H groups in total. The van der Waals surface area contributed by atoms with Gasteiger partial charge in [-0.15, -0.1) is 0 Å². The average molecular weight is 372 g/mol. The third-order valence-corrected chi connectivity index (χ3v) is 4.39. The molecule has 0 spiro atoms. The fraction of sp³-hybridized carbons (Fsp3) is 0.200. The lowest BCUT2D eigenvalue weighted by atomic mass is 10.0. The van der Waals surface area contributed by atoms with Crippen molar-refractivity contribution >= 4 is 17.5 Å². The number of aryl methyl sites for hydroxylation is 2. The van der Waals surface area contributed by atoms with Crippen LogP contribution >= 0.6 is 11.6 Å². The van der Waals surface area contributed by atoms with Crippen LogP contribution in [0, 0.1) is 5.82 Å². The highest BCUT2D eigenvalue weighted by Gasteiger charge is 2.20. The van der Waals surface area contributed by atoms with Crippen molar-refractivity contribution in [2.45, 2.75) is 18.9 Å². The maximum atomic E-state index is 13.3. The fourth-order valence-corrected chi connectivity index (χ4v) is 3.00. The third kappa shape index (κ3) is 4.49. The van der Waals surface area contributed by atoms with Crippen LogP contribution in [0.2, 0.25) is 5.02 Å². The Bertz CT molecular complexity index is 892. The highest BCUT2D eigenvalue weighted by atomic mass is 35.5. The van der Waals surface area contributed by atoms with Gasteiger partial charge in [-0.25, -0.2) is 9.37 Å². The van der Waals surface area contributed by atoms with Gasteiger partial charge in [-0.3, -0.25) is 4.79 Å². The molecule has 1 atom stereocenters. The molecule has 1 aromatic heterocycles. The minimum atomic E-state index is -0.442. The number of imidazole rings is 1. The maximum Gasteiger partial charge on any atom is 0.221 e. The van der Waals surface area contributed by atoms with Crippen LogP contribution in [0.25, 0.3) is 0 Å². The summed E-state index contributed by atoms with van der Waals surface area (Å²) < 4.78 is 15.1. The molecule has 0 saturated carbocycles. The zero-order valence-corrected chi connectivity index (χ0v) is 15.1. The second-order valence-electron chi connectivity index (χ2n) is 6.08. The molecule has 0 saturated heterocycles. The van der Waals surface area contributed by atoms with Gasteiger partial charge in [-0.1, -0.05) is 35.9 Å². The molecule has 1 unspecified atom stereocenters. The minimum absolute atomic E-state index is 0.109. The van der Waals surface area contributed by atoms with Crippen molar-refractivity contribution in [3.63, 3.8) is 0 Å². The van der Waals surface area contributed by atoms with Gasteiger partial charge in [0.15, 0.2) is 0 Å². The first-order valence-electron chi connectivity index (χ1n) is 8.29. The van der Waals surface area contributed by atoms with Crippen molar-refractivity contribution in [3.8, 4) is 0 Å². The van der Waals surface area contributed by atoms with E-state index in [1.165, 1.54) is 12.1 Å². The lowest BCUT2D eigenvalue weighted by Gasteiger charge is -2.19. The van der Waals surface area contributed by atoms with E-state index < -0.39 is 6.04 Å². The number of nitrogens with one attached hydrogen (secondary N) is 1. The Labute approximate surface area is 156 Å². The molecule has 134 valence electrons. The van der Waals surface area contributed by atoms with E-state index in [4.69, 9.17) is 11.6 Å². The van der Waals surface area contributed by atoms with Crippen LogP contribution in [0.1, 0.15) is 29.4 Å². The molecule has 2 aromatic carbocycles. The molecular weight excluding hydrogens is 353 g/mol. The van der Waals surface area contributed by atoms with Gasteiger partial charge in [-0.05, 0) is 41.8 Å². The molecule has 0 fully saturated rings. The zero-order chi connectivity index (χ0) is 18.5. The van der Waals surface area contributed by atoms with Crippen LogP contribution in [0.5, 0.6) is 0 Å². The molecule has 0 aliphatic carbocycles. The molecule has 3 rings (SSSR count). The molecule has 6 heteroatoms. The first kappa shape index (κ1) is 18.1. The first-order chi connectivity index (χ1) is 12.5. The number of carbonyl (C=O) groups excluding carboxylic acids is 1. The van der Waals surface area contributed by atoms with Crippen LogP contribution in [0.15, 0.2) is 60.9 Å². The lowest BCUT2D eigenvalue weighted by Crippen LogP contribution is -2.31. The van der Waals surface area contributed by atoms with Crippen molar-refractivity contribution < 1.29 is 9.18 Å². The van der Waals surface area contributed by atoms with Crippen LogP contribution < -0.4 is 5.32 Å². The first-order valence-corrected chi connectivity index (χ1v) is 8.67. The lowest BCUT2D eigenvalue weighted by molar-refractivity contribution is -0.121. The summed E-state index contributed by atoms with van der Waals surface area (Å²) in [6.45, 7) is 0. The molecular formula is C20H19ClFN3O. The number of aromatic nitrogens is 2. The van der Waals surface area contributed by atoms with E-state index in [0.29, 0.717) is 23.7 Å². The molecule has 1 amide bonds. The molecule has 0 aliphatic heterocycles. The molecule has 0 bridgehead atoms. The fourth-order valence-electron chi connectivity index (χ4n) is 2.79. The zero-order valence-electron chi connectivity index (χ0n) is 14.3. The third-order valence-electron chi connectivity index (χ3n) is 4.16. The molecule has 1 heterocycles. The number of nitrogens with zero attached hydrogens (tertiary/aromatic N) is 2. The number of hydrogen-bond donors (Lipinski definition) is 1. The Kier molecular flexibility index (Phi) is 5.68. The summed E-state index contributed by atoms with van der Waals surface area (Å²) >= 11 is 5.98. The summed E-state index contributed by atoms with van der Waals surface area (Å²) in [6, 6.07) is 13.1. The van der Waals surface area contributed by atoms with Gasteiger partial charge in [0.2, 0.25) is 5.91 Å². The second kappa shape index (κ2) is 8.15. The van der Waals surface area contributed by atoms with Gasteiger partial charge in [-0.2, -0.15) is 0 Å². The second-order valence-corrected chi connectivity index (χ2v) is 6.51. The van der Waals surface area contributed by atoms with E-state index in [1.807, 2.05) is 36.0 Å². The number of rotatable bonds is 6. The summed E-state index contributed by atoms with van der Waals surface area (Å²) in [7, 11) is 1.86. The highest BCUT2D eigenvalue weighted by molar-refractivity contribution is 6.30. The minimum Gasteiger partial charge on any atom is -0.342 e. The Morgan fingerprint density at radius 2 is 2.04 bits per heavy atom. The largest absolute Gasteiger partial charge is 0.342 e. The number of benzene rings is 2. The number of halogens is 2. The summed E-state index contributed by atoms with van der Waals surface area (Å²) in [5.74, 6) is 0.259. The van der Waals surface area contributed by atoms with E-state index in [9.17, 15) is 9.18 Å². The Morgan fingerprint density at radius 3 is 2.69 bits per heavy atom. The van der Waals surface area contributed by atoms with Gasteiger partial charge in [0.1, 0.15) is 17.7 Å². The van der Waals surface area contributed by atoms with Gasteiger partial charge in [0.25, 0.3) is 0 Å². The SMILES string of the molecule is Cn1ccnc1C(NC(=O)CCc1cccc(Cl)c1)c1ccc(F)cc1. The van der Waals surface area contributed by atoms with E-state index in [0.717, 1.165) is 11.1 Å². The van der Waals surface area contributed by atoms with E-state index in [1.54, 1.807) is 24.4 Å². The van der Waals surface area contributed by atoms with Crippen LogP contribution in [0.3, 0.4) is 0 Å². The Hall–Kier alpha value is -2.66. The summed E-state index contributed by atoms with van der Waals surface area (Å²) in [5, 5.41) is 3.66. The number of hydrogen-bond acceptors (Lipinski definition) is 2. The average Bonchev–Trinajstić information content (AvgIpc) is 3.05. The predicted octanol–water partition coefficient (Wildman–Crippen LogP) is 4.05. The molecule has 26 heavy (non-hydrogen) atoms. The number of carbonyl (C=O) groups is 1. The van der Waals surface area contributed by atoms with Gasteiger partial charge in [0.05, 0.1) is 0 Å². The molecule has 3 aromatic rings. The van der Waals surface area contributed by atoms with Crippen molar-refractivity contribution in [1.29, 1.82) is 0 Å². The van der Waals surface area contributed by atoms with Crippen LogP contribution in [0.4, 0.5) is 4.39 Å². The van der Waals surface area contributed by atoms with E-state index >= 15 is 0 Å². The highest BCUT2D eigenvalue weighted by Crippen LogP contribution is 2.21. The Balaban J connectivity index is 1.74. The Morgan fingerprint density at radius 1 is 1.27 bits per heavy atom. The van der Waals surface area contributed by atoms with Crippen LogP contribution in [-0.2, 0) is 18.3 Å². The predicted molar refractivity (Wildman–Crippen MR) is 99.4 cm³/mol. The van der Waals surface area contributed by atoms with E-state index in [2.05, 4.69) is 10.3 Å². The topological polar surface area (TPSA) is 46.9 Å². The monoisotopic (exact) mass is 371 g/mol. The van der Waals surface area contributed by atoms with Crippen molar-refractivity contribution in [3.05, 3.63) is 88.7 Å². The normalized spacial score (nSPS) is 12.0. The molecule has 4 nitrogen and oxygen atoms in total. The van der Waals surface area contributed by atoms with Crippen molar-refractivity contribution in [1.82, 2.24) is 14.9 Å². The smallest absolute Gasteiger partial charge is 0.221 e. The van der Waals surface area contributed by atoms with Crippen molar-refractivity contribution in [2.24, 2.45) is 7.05 Å². The molecule has 0 radical (unpaired) electrons. The van der Waals surface area contributed by atoms with Crippen LogP contribution in [-0.4, -0.2) is 15.5 Å². The summed E-state index contributed by atoms with van der Waals surface area (Å²) in [4.78, 5) is 16.8. The summed E-state index contributed by atoms with van der Waals surface area (Å²) in [5.41, 5.74) is 1.78.